The molecule has 0 saturated heterocycles. The Hall–Kier alpha value is 0.630. The lowest BCUT2D eigenvalue weighted by molar-refractivity contribution is -0.140. The molecule has 0 amide bonds. The maximum absolute atomic E-state index is 10.9. The van der Waals surface area contributed by atoms with Gasteiger partial charge in [-0.15, -0.1) is 23.2 Å². The number of carbonyl (C=O) groups is 1. The first kappa shape index (κ1) is 13.6. The molecule has 0 bridgehead atoms. The van der Waals surface area contributed by atoms with Gasteiger partial charge in [0.25, 0.3) is 0 Å². The number of halogens is 4. The second-order valence-electron chi connectivity index (χ2n) is 2.59. The van der Waals surface area contributed by atoms with E-state index in [1.807, 2.05) is 0 Å². The van der Waals surface area contributed by atoms with Crippen LogP contribution in [0.5, 0.6) is 0 Å². The van der Waals surface area contributed by atoms with Crippen molar-refractivity contribution in [3.8, 4) is 0 Å². The van der Waals surface area contributed by atoms with Crippen molar-refractivity contribution in [3.05, 3.63) is 0 Å². The molecule has 2 unspecified atom stereocenters. The van der Waals surface area contributed by atoms with Gasteiger partial charge in [0.1, 0.15) is 4.33 Å². The van der Waals surface area contributed by atoms with Crippen molar-refractivity contribution in [1.29, 1.82) is 0 Å². The van der Waals surface area contributed by atoms with Crippen molar-refractivity contribution in [2.24, 2.45) is 0 Å². The number of hydrogen-bond donors (Lipinski definition) is 0. The standard InChI is InChI=1S/C7H10Cl4O2/c1-4(8)6(9)7(10,11)3-5(12)13-2/h4,6H,3H2,1-2H3. The highest BCUT2D eigenvalue weighted by Crippen LogP contribution is 2.36. The van der Waals surface area contributed by atoms with Crippen molar-refractivity contribution in [2.75, 3.05) is 7.11 Å². The molecule has 0 spiro atoms. The van der Waals surface area contributed by atoms with Gasteiger partial charge in [0, 0.05) is 0 Å². The summed E-state index contributed by atoms with van der Waals surface area (Å²) in [7, 11) is 1.25. The fourth-order valence-electron chi connectivity index (χ4n) is 0.698. The van der Waals surface area contributed by atoms with Crippen LogP contribution in [-0.4, -0.2) is 28.2 Å². The van der Waals surface area contributed by atoms with E-state index in [2.05, 4.69) is 4.74 Å². The van der Waals surface area contributed by atoms with Gasteiger partial charge in [-0.1, -0.05) is 23.2 Å². The number of esters is 1. The molecule has 0 aromatic rings. The van der Waals surface area contributed by atoms with E-state index >= 15 is 0 Å². The molecule has 0 N–H and O–H groups in total. The monoisotopic (exact) mass is 266 g/mol. The lowest BCUT2D eigenvalue weighted by Gasteiger charge is -2.25. The number of carbonyl (C=O) groups excluding carboxylic acids is 1. The van der Waals surface area contributed by atoms with Crippen LogP contribution in [0.2, 0.25) is 0 Å². The van der Waals surface area contributed by atoms with E-state index in [1.165, 1.54) is 7.11 Å². The second kappa shape index (κ2) is 5.50. The van der Waals surface area contributed by atoms with Crippen LogP contribution in [-0.2, 0) is 9.53 Å². The van der Waals surface area contributed by atoms with Crippen LogP contribution in [0.15, 0.2) is 0 Å². The molecule has 6 heteroatoms. The lowest BCUT2D eigenvalue weighted by Crippen LogP contribution is -2.35. The molecule has 0 aromatic carbocycles. The molecule has 0 radical (unpaired) electrons. The zero-order chi connectivity index (χ0) is 10.6. The fraction of sp³-hybridized carbons (Fsp3) is 0.857. The number of ether oxygens (including phenoxy) is 1. The molecule has 0 saturated carbocycles. The highest BCUT2D eigenvalue weighted by molar-refractivity contribution is 6.54. The fourth-order valence-corrected chi connectivity index (χ4v) is 1.72. The average Bonchev–Trinajstić information content (AvgIpc) is 2.01. The van der Waals surface area contributed by atoms with Crippen LogP contribution in [0.3, 0.4) is 0 Å². The first-order valence-electron chi connectivity index (χ1n) is 3.54. The Morgan fingerprint density at radius 1 is 1.46 bits per heavy atom. The van der Waals surface area contributed by atoms with Gasteiger partial charge in [-0.25, -0.2) is 0 Å². The molecule has 78 valence electrons. The van der Waals surface area contributed by atoms with Crippen molar-refractivity contribution in [2.45, 2.75) is 28.4 Å². The maximum Gasteiger partial charge on any atom is 0.308 e. The Morgan fingerprint density at radius 3 is 2.23 bits per heavy atom. The summed E-state index contributed by atoms with van der Waals surface area (Å²) in [5.41, 5.74) is 0. The predicted octanol–water partition coefficient (Wildman–Crippen LogP) is 2.96. The van der Waals surface area contributed by atoms with E-state index in [0.717, 1.165) is 0 Å². The Morgan fingerprint density at radius 2 is 1.92 bits per heavy atom. The maximum atomic E-state index is 10.9. The van der Waals surface area contributed by atoms with Gasteiger partial charge < -0.3 is 4.74 Å². The molecule has 2 nitrogen and oxygen atoms in total. The quantitative estimate of drug-likeness (QED) is 0.578. The summed E-state index contributed by atoms with van der Waals surface area (Å²) in [5, 5.41) is -1.14. The summed E-state index contributed by atoms with van der Waals surface area (Å²) in [5.74, 6) is -0.520. The highest BCUT2D eigenvalue weighted by atomic mass is 35.5. The van der Waals surface area contributed by atoms with Gasteiger partial charge in [0.2, 0.25) is 0 Å². The van der Waals surface area contributed by atoms with Crippen molar-refractivity contribution < 1.29 is 9.53 Å². The SMILES string of the molecule is COC(=O)CC(Cl)(Cl)C(Cl)C(C)Cl. The molecule has 0 aliphatic rings. The molecule has 0 rings (SSSR count). The topological polar surface area (TPSA) is 26.3 Å². The summed E-state index contributed by atoms with van der Waals surface area (Å²) in [6, 6.07) is 0. The second-order valence-corrected chi connectivity index (χ2v) is 5.29. The molecule has 2 atom stereocenters. The van der Waals surface area contributed by atoms with Gasteiger partial charge in [-0.05, 0) is 6.92 Å². The van der Waals surface area contributed by atoms with E-state index in [0.29, 0.717) is 0 Å². The van der Waals surface area contributed by atoms with Crippen LogP contribution < -0.4 is 0 Å². The summed E-state index contributed by atoms with van der Waals surface area (Å²) in [6.45, 7) is 1.65. The summed E-state index contributed by atoms with van der Waals surface area (Å²) in [4.78, 5) is 10.9. The zero-order valence-electron chi connectivity index (χ0n) is 7.19. The number of hydrogen-bond acceptors (Lipinski definition) is 2. The zero-order valence-corrected chi connectivity index (χ0v) is 10.2. The average molecular weight is 268 g/mol. The molecular weight excluding hydrogens is 258 g/mol. The van der Waals surface area contributed by atoms with E-state index in [1.54, 1.807) is 6.92 Å². The van der Waals surface area contributed by atoms with Crippen molar-refractivity contribution in [3.63, 3.8) is 0 Å². The molecule has 0 aliphatic carbocycles. The van der Waals surface area contributed by atoms with Crippen LogP contribution in [0.4, 0.5) is 0 Å². The van der Waals surface area contributed by atoms with Crippen LogP contribution in [0.25, 0.3) is 0 Å². The molecule has 0 heterocycles. The van der Waals surface area contributed by atoms with E-state index in [-0.39, 0.29) is 6.42 Å². The summed E-state index contributed by atoms with van der Waals surface area (Å²) in [6.07, 6.45) is -0.183. The normalized spacial score (nSPS) is 16.5. The molecule has 13 heavy (non-hydrogen) atoms. The first-order chi connectivity index (χ1) is 5.81. The van der Waals surface area contributed by atoms with Crippen molar-refractivity contribution in [1.82, 2.24) is 0 Å². The van der Waals surface area contributed by atoms with Crippen LogP contribution >= 0.6 is 46.4 Å². The van der Waals surface area contributed by atoms with Gasteiger partial charge in [-0.2, -0.15) is 0 Å². The number of rotatable bonds is 4. The minimum atomic E-state index is -1.39. The van der Waals surface area contributed by atoms with E-state index < -0.39 is 21.1 Å². The van der Waals surface area contributed by atoms with Gasteiger partial charge >= 0.3 is 5.97 Å². The van der Waals surface area contributed by atoms with Crippen LogP contribution in [0.1, 0.15) is 13.3 Å². The third kappa shape index (κ3) is 4.59. The third-order valence-electron chi connectivity index (χ3n) is 1.41. The molecule has 0 fully saturated rings. The van der Waals surface area contributed by atoms with Crippen LogP contribution in [0, 0.1) is 0 Å². The minimum Gasteiger partial charge on any atom is -0.469 e. The Labute approximate surface area is 97.4 Å². The largest absolute Gasteiger partial charge is 0.469 e. The highest BCUT2D eigenvalue weighted by Gasteiger charge is 2.39. The van der Waals surface area contributed by atoms with Crippen molar-refractivity contribution >= 4 is 52.4 Å². The smallest absolute Gasteiger partial charge is 0.308 e. The molecular formula is C7H10Cl4O2. The number of alkyl halides is 4. The summed E-state index contributed by atoms with van der Waals surface area (Å²) < 4.78 is 3.01. The Balaban J connectivity index is 4.29. The number of methoxy groups -OCH3 is 1. The molecule has 0 aliphatic heterocycles. The van der Waals surface area contributed by atoms with Gasteiger partial charge in [-0.3, -0.25) is 4.79 Å². The summed E-state index contributed by atoms with van der Waals surface area (Å²) >= 11 is 23.1. The predicted molar refractivity (Wildman–Crippen MR) is 56.0 cm³/mol. The van der Waals surface area contributed by atoms with Gasteiger partial charge in [0.05, 0.1) is 24.3 Å². The Kier molecular flexibility index (Phi) is 5.76. The van der Waals surface area contributed by atoms with E-state index in [9.17, 15) is 4.79 Å². The minimum absolute atomic E-state index is 0.183. The first-order valence-corrected chi connectivity index (χ1v) is 5.17. The third-order valence-corrected chi connectivity index (χ3v) is 3.51. The molecule has 0 aromatic heterocycles. The Bertz CT molecular complexity index is 181. The lowest BCUT2D eigenvalue weighted by atomic mass is 10.2. The van der Waals surface area contributed by atoms with E-state index in [4.69, 9.17) is 46.4 Å². The van der Waals surface area contributed by atoms with Gasteiger partial charge in [0.15, 0.2) is 0 Å².